The Morgan fingerprint density at radius 2 is 1.94 bits per heavy atom. The fraction of sp³-hybridized carbons (Fsp3) is 0.292. The van der Waals surface area contributed by atoms with Crippen LogP contribution in [0.25, 0.3) is 11.1 Å². The van der Waals surface area contributed by atoms with Gasteiger partial charge in [-0.2, -0.15) is 0 Å². The largest absolute Gasteiger partial charge is 0.497 e. The fourth-order valence-corrected chi connectivity index (χ4v) is 3.95. The van der Waals surface area contributed by atoms with Gasteiger partial charge in [0.05, 0.1) is 14.2 Å². The molecule has 0 spiro atoms. The normalized spacial score (nSPS) is 14.5. The summed E-state index contributed by atoms with van der Waals surface area (Å²) < 4.78 is 15.8. The maximum Gasteiger partial charge on any atom is 0.356 e. The second-order valence-electron chi connectivity index (χ2n) is 8.21. The van der Waals surface area contributed by atoms with Crippen LogP contribution >= 0.6 is 0 Å². The zero-order valence-electron chi connectivity index (χ0n) is 19.1. The summed E-state index contributed by atoms with van der Waals surface area (Å²) in [7, 11) is 2.77. The number of imide groups is 1. The number of carbonyl (C=O) groups is 4. The number of aromatic nitrogens is 1. The Morgan fingerprint density at radius 3 is 2.62 bits per heavy atom. The zero-order valence-corrected chi connectivity index (χ0v) is 19.1. The average Bonchev–Trinajstić information content (AvgIpc) is 3.38. The Bertz CT molecular complexity index is 1330. The monoisotopic (exact) mass is 465 g/mol. The molecule has 0 fully saturated rings. The minimum absolute atomic E-state index is 0.0639. The third-order valence-electron chi connectivity index (χ3n) is 5.81. The molecule has 0 bridgehead atoms. The van der Waals surface area contributed by atoms with Crippen LogP contribution in [0.3, 0.4) is 0 Å². The van der Waals surface area contributed by atoms with E-state index in [1.54, 1.807) is 31.2 Å². The van der Waals surface area contributed by atoms with Gasteiger partial charge < -0.3 is 18.8 Å². The fourth-order valence-electron chi connectivity index (χ4n) is 3.95. The highest BCUT2D eigenvalue weighted by molar-refractivity contribution is 6.02. The number of rotatable bonds is 6. The van der Waals surface area contributed by atoms with E-state index < -0.39 is 23.2 Å². The van der Waals surface area contributed by atoms with E-state index in [0.29, 0.717) is 22.4 Å². The average molecular weight is 465 g/mol. The molecule has 4 rings (SSSR count). The van der Waals surface area contributed by atoms with Gasteiger partial charge in [0.25, 0.3) is 5.91 Å². The summed E-state index contributed by atoms with van der Waals surface area (Å²) in [6.45, 7) is 3.03. The lowest BCUT2D eigenvalue weighted by Crippen LogP contribution is -2.50. The quantitative estimate of drug-likeness (QED) is 0.549. The summed E-state index contributed by atoms with van der Waals surface area (Å²) in [5.74, 6) is -1.31. The summed E-state index contributed by atoms with van der Waals surface area (Å²) in [4.78, 5) is 55.6. The Hall–Kier alpha value is -4.21. The highest BCUT2D eigenvalue weighted by atomic mass is 16.5. The predicted octanol–water partition coefficient (Wildman–Crippen LogP) is 2.20. The number of hydrogen-bond acceptors (Lipinski definition) is 8. The predicted molar refractivity (Wildman–Crippen MR) is 119 cm³/mol. The van der Waals surface area contributed by atoms with E-state index >= 15 is 0 Å². The van der Waals surface area contributed by atoms with Gasteiger partial charge in [-0.25, -0.2) is 9.78 Å². The minimum atomic E-state index is -1.43. The van der Waals surface area contributed by atoms with Gasteiger partial charge in [-0.15, -0.1) is 0 Å². The van der Waals surface area contributed by atoms with Crippen LogP contribution < -0.4 is 10.1 Å². The van der Waals surface area contributed by atoms with Gasteiger partial charge in [0.15, 0.2) is 5.58 Å². The Kier molecular flexibility index (Phi) is 5.82. The van der Waals surface area contributed by atoms with Crippen LogP contribution in [-0.4, -0.2) is 54.3 Å². The highest BCUT2D eigenvalue weighted by Crippen LogP contribution is 2.34. The van der Waals surface area contributed by atoms with Crippen molar-refractivity contribution in [3.63, 3.8) is 0 Å². The molecular weight excluding hydrogens is 442 g/mol. The lowest BCUT2D eigenvalue weighted by atomic mass is 9.85. The molecule has 0 aliphatic carbocycles. The number of nitrogens with one attached hydrogen (secondary N) is 1. The Morgan fingerprint density at radius 1 is 1.18 bits per heavy atom. The van der Waals surface area contributed by atoms with E-state index in [4.69, 9.17) is 13.9 Å². The molecule has 0 radical (unpaired) electrons. The van der Waals surface area contributed by atoms with Crippen LogP contribution in [0.1, 0.15) is 46.0 Å². The van der Waals surface area contributed by atoms with Gasteiger partial charge in [0, 0.05) is 31.6 Å². The highest BCUT2D eigenvalue weighted by Gasteiger charge is 2.44. The lowest BCUT2D eigenvalue weighted by molar-refractivity contribution is -0.133. The van der Waals surface area contributed by atoms with Crippen LogP contribution in [0.15, 0.2) is 40.8 Å². The molecule has 34 heavy (non-hydrogen) atoms. The van der Waals surface area contributed by atoms with E-state index in [0.717, 1.165) is 5.56 Å². The Labute approximate surface area is 194 Å². The van der Waals surface area contributed by atoms with E-state index in [9.17, 15) is 19.2 Å². The van der Waals surface area contributed by atoms with Crippen LogP contribution in [0.4, 0.5) is 0 Å². The number of esters is 1. The number of benzene rings is 1. The summed E-state index contributed by atoms with van der Waals surface area (Å²) in [6, 6.07) is 9.74. The summed E-state index contributed by atoms with van der Waals surface area (Å²) >= 11 is 0. The van der Waals surface area contributed by atoms with Crippen molar-refractivity contribution < 1.29 is 33.1 Å². The van der Waals surface area contributed by atoms with E-state index in [1.807, 2.05) is 0 Å². The van der Waals surface area contributed by atoms with Crippen LogP contribution in [0.2, 0.25) is 0 Å². The first-order valence-corrected chi connectivity index (χ1v) is 10.4. The molecule has 1 atom stereocenters. The number of furan rings is 1. The van der Waals surface area contributed by atoms with Gasteiger partial charge in [-0.3, -0.25) is 19.7 Å². The number of hydrogen-bond donors (Lipinski definition) is 1. The molecular formula is C24H23N3O7. The smallest absolute Gasteiger partial charge is 0.356 e. The molecule has 3 amide bonds. The molecule has 3 heterocycles. The van der Waals surface area contributed by atoms with Gasteiger partial charge in [-0.1, -0.05) is 6.07 Å². The number of pyridine rings is 1. The standard InChI is InChI=1S/C24H23N3O7/c1-13(28)25-23(31)24(2,12-27-11-14-5-6-15(32-3)9-16(14)21(27)29)20-10-18-19(34-20)8-7-17(26-18)22(30)33-4/h5-10H,11-12H2,1-4H3,(H,25,28,31)/t24-/m1/s1. The third-order valence-corrected chi connectivity index (χ3v) is 5.81. The van der Waals surface area contributed by atoms with E-state index in [2.05, 4.69) is 10.3 Å². The van der Waals surface area contributed by atoms with E-state index in [-0.39, 0.29) is 30.5 Å². The van der Waals surface area contributed by atoms with Crippen molar-refractivity contribution in [2.75, 3.05) is 20.8 Å². The SMILES string of the molecule is COC(=O)c1ccc2oc([C@@](C)(CN3Cc4ccc(OC)cc4C3=O)C(=O)NC(C)=O)cc2n1. The van der Waals surface area contributed by atoms with Crippen molar-refractivity contribution in [3.05, 3.63) is 59.0 Å². The number of nitrogens with zero attached hydrogens (tertiary/aromatic N) is 2. The van der Waals surface area contributed by atoms with E-state index in [1.165, 1.54) is 38.2 Å². The molecule has 10 heteroatoms. The van der Waals surface area contributed by atoms with Crippen molar-refractivity contribution in [2.45, 2.75) is 25.8 Å². The van der Waals surface area contributed by atoms with Crippen LogP contribution in [-0.2, 0) is 26.3 Å². The zero-order chi connectivity index (χ0) is 24.6. The first kappa shape index (κ1) is 23.0. The molecule has 1 aliphatic heterocycles. The minimum Gasteiger partial charge on any atom is -0.497 e. The molecule has 10 nitrogen and oxygen atoms in total. The molecule has 176 valence electrons. The molecule has 0 unspecified atom stereocenters. The maximum atomic E-state index is 13.2. The molecule has 1 aliphatic rings. The third kappa shape index (κ3) is 3.98. The van der Waals surface area contributed by atoms with Crippen molar-refractivity contribution in [2.24, 2.45) is 0 Å². The second kappa shape index (κ2) is 8.62. The van der Waals surface area contributed by atoms with Gasteiger partial charge in [-0.05, 0) is 36.8 Å². The van der Waals surface area contributed by atoms with Crippen molar-refractivity contribution in [1.82, 2.24) is 15.2 Å². The molecule has 0 saturated carbocycles. The van der Waals surface area contributed by atoms with Crippen molar-refractivity contribution in [3.8, 4) is 5.75 Å². The van der Waals surface area contributed by atoms with Gasteiger partial charge >= 0.3 is 5.97 Å². The molecule has 3 aromatic rings. The summed E-state index contributed by atoms with van der Waals surface area (Å²) in [6.07, 6.45) is 0. The van der Waals surface area contributed by atoms with Crippen molar-refractivity contribution >= 4 is 34.8 Å². The lowest BCUT2D eigenvalue weighted by Gasteiger charge is -2.30. The van der Waals surface area contributed by atoms with Crippen LogP contribution in [0, 0.1) is 0 Å². The number of fused-ring (bicyclic) bond motifs is 2. The second-order valence-corrected chi connectivity index (χ2v) is 8.21. The molecule has 0 saturated heterocycles. The first-order chi connectivity index (χ1) is 16.2. The molecule has 1 N–H and O–H groups in total. The Balaban J connectivity index is 1.72. The number of carbonyl (C=O) groups excluding carboxylic acids is 4. The maximum absolute atomic E-state index is 13.2. The van der Waals surface area contributed by atoms with Crippen LogP contribution in [0.5, 0.6) is 5.75 Å². The molecule has 1 aromatic carbocycles. The van der Waals surface area contributed by atoms with Gasteiger partial charge in [0.2, 0.25) is 11.8 Å². The molecule has 2 aromatic heterocycles. The number of ether oxygens (including phenoxy) is 2. The topological polar surface area (TPSA) is 128 Å². The summed E-state index contributed by atoms with van der Waals surface area (Å²) in [5, 5.41) is 2.30. The van der Waals surface area contributed by atoms with Gasteiger partial charge in [0.1, 0.15) is 28.1 Å². The first-order valence-electron chi connectivity index (χ1n) is 10.4. The summed E-state index contributed by atoms with van der Waals surface area (Å²) in [5.41, 5.74) is 0.610. The number of methoxy groups -OCH3 is 2. The number of amides is 3. The van der Waals surface area contributed by atoms with Crippen molar-refractivity contribution in [1.29, 1.82) is 0 Å².